The standard InChI is InChI=1S/C11H14ClN3O3S/c12-9-3-2-8(6-10(9)13)19(17,18)15-5-1-4-14-11(16)7-15/h2-3,6H,1,4-5,7,13H2,(H,14,16). The van der Waals surface area contributed by atoms with E-state index in [2.05, 4.69) is 5.32 Å². The molecule has 8 heteroatoms. The van der Waals surface area contributed by atoms with Crippen molar-refractivity contribution in [2.45, 2.75) is 11.3 Å². The summed E-state index contributed by atoms with van der Waals surface area (Å²) in [4.78, 5) is 11.5. The maximum Gasteiger partial charge on any atom is 0.243 e. The van der Waals surface area contributed by atoms with E-state index in [1.807, 2.05) is 0 Å². The van der Waals surface area contributed by atoms with Crippen molar-refractivity contribution in [1.82, 2.24) is 9.62 Å². The zero-order chi connectivity index (χ0) is 14.0. The van der Waals surface area contributed by atoms with E-state index in [9.17, 15) is 13.2 Å². The highest BCUT2D eigenvalue weighted by Gasteiger charge is 2.28. The fourth-order valence-electron chi connectivity index (χ4n) is 1.81. The minimum absolute atomic E-state index is 0.0455. The number of hydrogen-bond acceptors (Lipinski definition) is 4. The van der Waals surface area contributed by atoms with Crippen LogP contribution in [0.1, 0.15) is 6.42 Å². The van der Waals surface area contributed by atoms with Crippen LogP contribution in [0, 0.1) is 0 Å². The van der Waals surface area contributed by atoms with Gasteiger partial charge in [-0.25, -0.2) is 8.42 Å². The molecular weight excluding hydrogens is 290 g/mol. The van der Waals surface area contributed by atoms with Crippen molar-refractivity contribution < 1.29 is 13.2 Å². The molecule has 1 heterocycles. The highest BCUT2D eigenvalue weighted by molar-refractivity contribution is 7.89. The number of carbonyl (C=O) groups excluding carboxylic acids is 1. The fraction of sp³-hybridized carbons (Fsp3) is 0.364. The highest BCUT2D eigenvalue weighted by Crippen LogP contribution is 2.24. The summed E-state index contributed by atoms with van der Waals surface area (Å²) in [5, 5.41) is 2.93. The van der Waals surface area contributed by atoms with Crippen molar-refractivity contribution in [3.8, 4) is 0 Å². The lowest BCUT2D eigenvalue weighted by molar-refractivity contribution is -0.120. The third-order valence-corrected chi connectivity index (χ3v) is 5.02. The zero-order valence-electron chi connectivity index (χ0n) is 10.1. The van der Waals surface area contributed by atoms with Crippen molar-refractivity contribution in [2.75, 3.05) is 25.4 Å². The zero-order valence-corrected chi connectivity index (χ0v) is 11.7. The van der Waals surface area contributed by atoms with Crippen LogP contribution in [-0.4, -0.2) is 38.3 Å². The minimum Gasteiger partial charge on any atom is -0.397 e. The Morgan fingerprint density at radius 1 is 1.37 bits per heavy atom. The fourth-order valence-corrected chi connectivity index (χ4v) is 3.40. The second kappa shape index (κ2) is 5.36. The molecular formula is C11H14ClN3O3S. The van der Waals surface area contributed by atoms with Gasteiger partial charge in [-0.05, 0) is 24.6 Å². The molecule has 0 radical (unpaired) electrons. The SMILES string of the molecule is Nc1cc(S(=O)(=O)N2CCCNC(=O)C2)ccc1Cl. The molecule has 0 saturated carbocycles. The minimum atomic E-state index is -3.72. The molecule has 1 aromatic carbocycles. The van der Waals surface area contributed by atoms with Crippen LogP contribution in [0.15, 0.2) is 23.1 Å². The van der Waals surface area contributed by atoms with E-state index >= 15 is 0 Å². The molecule has 1 aliphatic heterocycles. The summed E-state index contributed by atoms with van der Waals surface area (Å²) in [6, 6.07) is 4.12. The van der Waals surface area contributed by atoms with Crippen molar-refractivity contribution in [3.63, 3.8) is 0 Å². The van der Waals surface area contributed by atoms with Crippen LogP contribution in [0.3, 0.4) is 0 Å². The molecule has 0 aromatic heterocycles. The Morgan fingerprint density at radius 2 is 2.11 bits per heavy atom. The van der Waals surface area contributed by atoms with E-state index in [4.69, 9.17) is 17.3 Å². The van der Waals surface area contributed by atoms with Crippen LogP contribution >= 0.6 is 11.6 Å². The van der Waals surface area contributed by atoms with Crippen LogP contribution in [-0.2, 0) is 14.8 Å². The van der Waals surface area contributed by atoms with Crippen molar-refractivity contribution in [2.24, 2.45) is 0 Å². The van der Waals surface area contributed by atoms with Crippen LogP contribution in [0.5, 0.6) is 0 Å². The summed E-state index contributed by atoms with van der Waals surface area (Å²) < 4.78 is 25.9. The normalized spacial score (nSPS) is 17.8. The summed E-state index contributed by atoms with van der Waals surface area (Å²) in [6.07, 6.45) is 0.577. The lowest BCUT2D eigenvalue weighted by atomic mass is 10.3. The van der Waals surface area contributed by atoms with Gasteiger partial charge in [0, 0.05) is 13.1 Å². The summed E-state index contributed by atoms with van der Waals surface area (Å²) in [5.74, 6) is -0.303. The first-order valence-electron chi connectivity index (χ1n) is 5.73. The predicted molar refractivity (Wildman–Crippen MR) is 72.2 cm³/mol. The molecule has 104 valence electrons. The van der Waals surface area contributed by atoms with E-state index in [1.54, 1.807) is 0 Å². The molecule has 0 aliphatic carbocycles. The van der Waals surface area contributed by atoms with Crippen molar-refractivity contribution in [1.29, 1.82) is 0 Å². The van der Waals surface area contributed by atoms with Gasteiger partial charge in [-0.1, -0.05) is 11.6 Å². The summed E-state index contributed by atoms with van der Waals surface area (Å²) in [6.45, 7) is 0.599. The number of rotatable bonds is 2. The van der Waals surface area contributed by atoms with Gasteiger partial charge in [0.1, 0.15) is 0 Å². The van der Waals surface area contributed by atoms with Crippen LogP contribution < -0.4 is 11.1 Å². The number of hydrogen-bond donors (Lipinski definition) is 2. The Bertz CT molecular complexity index is 603. The predicted octanol–water partition coefficient (Wildman–Crippen LogP) is 0.433. The highest BCUT2D eigenvalue weighted by atomic mass is 35.5. The van der Waals surface area contributed by atoms with Crippen LogP contribution in [0.4, 0.5) is 5.69 Å². The van der Waals surface area contributed by atoms with E-state index in [0.29, 0.717) is 24.5 Å². The third-order valence-electron chi connectivity index (χ3n) is 2.83. The average molecular weight is 304 g/mol. The first-order chi connectivity index (χ1) is 8.91. The molecule has 3 N–H and O–H groups in total. The van der Waals surface area contributed by atoms with Gasteiger partial charge in [0.25, 0.3) is 0 Å². The maximum atomic E-state index is 12.4. The lowest BCUT2D eigenvalue weighted by Crippen LogP contribution is -2.37. The lowest BCUT2D eigenvalue weighted by Gasteiger charge is -2.19. The van der Waals surface area contributed by atoms with E-state index in [0.717, 1.165) is 4.31 Å². The van der Waals surface area contributed by atoms with Gasteiger partial charge >= 0.3 is 0 Å². The Labute approximate surface area is 116 Å². The van der Waals surface area contributed by atoms with Crippen molar-refractivity contribution >= 4 is 33.2 Å². The maximum absolute atomic E-state index is 12.4. The quantitative estimate of drug-likeness (QED) is 0.775. The number of anilines is 1. The number of sulfonamides is 1. The van der Waals surface area contributed by atoms with Gasteiger partial charge in [0.2, 0.25) is 15.9 Å². The average Bonchev–Trinajstić information content (AvgIpc) is 2.57. The Kier molecular flexibility index (Phi) is 3.98. The summed E-state index contributed by atoms with van der Waals surface area (Å²) >= 11 is 5.77. The molecule has 1 fully saturated rings. The number of carbonyl (C=O) groups is 1. The van der Waals surface area contributed by atoms with Gasteiger partial charge in [-0.2, -0.15) is 4.31 Å². The number of benzene rings is 1. The monoisotopic (exact) mass is 303 g/mol. The number of nitrogen functional groups attached to an aromatic ring is 1. The van der Waals surface area contributed by atoms with Crippen molar-refractivity contribution in [3.05, 3.63) is 23.2 Å². The molecule has 0 bridgehead atoms. The molecule has 6 nitrogen and oxygen atoms in total. The molecule has 1 aromatic rings. The first kappa shape index (κ1) is 14.1. The van der Waals surface area contributed by atoms with Gasteiger partial charge in [-0.3, -0.25) is 4.79 Å². The summed E-state index contributed by atoms with van der Waals surface area (Å²) in [7, 11) is -3.72. The van der Waals surface area contributed by atoms with Crippen LogP contribution in [0.25, 0.3) is 0 Å². The van der Waals surface area contributed by atoms with Gasteiger partial charge in [0.15, 0.2) is 0 Å². The largest absolute Gasteiger partial charge is 0.397 e. The number of nitrogens with two attached hydrogens (primary N) is 1. The Balaban J connectivity index is 2.35. The number of nitrogens with zero attached hydrogens (tertiary/aromatic N) is 1. The van der Waals surface area contributed by atoms with Gasteiger partial charge in [-0.15, -0.1) is 0 Å². The summed E-state index contributed by atoms with van der Waals surface area (Å²) in [5.41, 5.74) is 5.81. The molecule has 2 rings (SSSR count). The molecule has 0 atom stereocenters. The molecule has 1 amide bonds. The van der Waals surface area contributed by atoms with E-state index in [-0.39, 0.29) is 23.0 Å². The molecule has 0 unspecified atom stereocenters. The molecule has 1 saturated heterocycles. The second-order valence-corrected chi connectivity index (χ2v) is 6.57. The Hall–Kier alpha value is -1.31. The first-order valence-corrected chi connectivity index (χ1v) is 7.55. The van der Waals surface area contributed by atoms with E-state index in [1.165, 1.54) is 18.2 Å². The van der Waals surface area contributed by atoms with Gasteiger partial charge in [0.05, 0.1) is 22.2 Å². The number of halogens is 1. The van der Waals surface area contributed by atoms with Crippen LogP contribution in [0.2, 0.25) is 5.02 Å². The molecule has 0 spiro atoms. The Morgan fingerprint density at radius 3 is 2.79 bits per heavy atom. The third kappa shape index (κ3) is 2.99. The number of nitrogens with one attached hydrogen (secondary N) is 1. The molecule has 19 heavy (non-hydrogen) atoms. The smallest absolute Gasteiger partial charge is 0.243 e. The number of amides is 1. The second-order valence-electron chi connectivity index (χ2n) is 4.23. The van der Waals surface area contributed by atoms with Gasteiger partial charge < -0.3 is 11.1 Å². The van der Waals surface area contributed by atoms with E-state index < -0.39 is 10.0 Å². The molecule has 1 aliphatic rings. The topological polar surface area (TPSA) is 92.5 Å².